The number of hydrogen-bond donors (Lipinski definition) is 1. The minimum atomic E-state index is -0.299. The summed E-state index contributed by atoms with van der Waals surface area (Å²) in [6, 6.07) is 1.56. The van der Waals surface area contributed by atoms with Crippen LogP contribution in [0.5, 0.6) is 0 Å². The highest BCUT2D eigenvalue weighted by Gasteiger charge is 2.32. The van der Waals surface area contributed by atoms with E-state index in [4.69, 9.17) is 0 Å². The molecule has 0 aliphatic rings. The minimum Gasteiger partial charge on any atom is -0.311 e. The number of hydrogen-bond acceptors (Lipinski definition) is 3. The van der Waals surface area contributed by atoms with E-state index in [1.54, 1.807) is 6.20 Å². The lowest BCUT2D eigenvalue weighted by atomic mass is 9.88. The zero-order chi connectivity index (χ0) is 12.3. The number of nitrogens with zero attached hydrogens (tertiary/aromatic N) is 2. The fourth-order valence-corrected chi connectivity index (χ4v) is 1.77. The lowest BCUT2D eigenvalue weighted by Gasteiger charge is -2.40. The zero-order valence-corrected chi connectivity index (χ0v) is 10.6. The molecule has 1 rings (SSSR count). The van der Waals surface area contributed by atoms with Gasteiger partial charge in [-0.1, -0.05) is 0 Å². The third-order valence-electron chi connectivity index (χ3n) is 3.21. The normalized spacial score (nSPS) is 14.2. The van der Waals surface area contributed by atoms with Gasteiger partial charge in [-0.3, -0.25) is 4.98 Å². The van der Waals surface area contributed by atoms with Crippen LogP contribution in [0.15, 0.2) is 18.5 Å². The van der Waals surface area contributed by atoms with Crippen LogP contribution in [0.2, 0.25) is 0 Å². The summed E-state index contributed by atoms with van der Waals surface area (Å²) in [6.45, 7) is 4.22. The number of aromatic nitrogens is 1. The Bertz CT molecular complexity index is 350. The Kier molecular flexibility index (Phi) is 3.99. The Morgan fingerprint density at radius 1 is 1.38 bits per heavy atom. The van der Waals surface area contributed by atoms with E-state index < -0.39 is 0 Å². The number of rotatable bonds is 4. The molecule has 1 heterocycles. The third-order valence-corrected chi connectivity index (χ3v) is 3.21. The summed E-state index contributed by atoms with van der Waals surface area (Å²) >= 11 is 0. The molecule has 0 saturated heterocycles. The van der Waals surface area contributed by atoms with Crippen molar-refractivity contribution in [1.82, 2.24) is 15.2 Å². The van der Waals surface area contributed by atoms with Crippen molar-refractivity contribution in [3.05, 3.63) is 29.8 Å². The third kappa shape index (κ3) is 2.57. The standard InChI is InChI=1S/C12H20FN3/c1-12(2,16(4)5)11(14-3)9-6-10(13)8-15-7-9/h6-8,11,14H,1-5H3. The van der Waals surface area contributed by atoms with E-state index in [0.29, 0.717) is 0 Å². The van der Waals surface area contributed by atoms with Gasteiger partial charge in [0.15, 0.2) is 0 Å². The monoisotopic (exact) mass is 225 g/mol. The lowest BCUT2D eigenvalue weighted by molar-refractivity contribution is 0.142. The van der Waals surface area contributed by atoms with Crippen molar-refractivity contribution < 1.29 is 4.39 Å². The highest BCUT2D eigenvalue weighted by Crippen LogP contribution is 2.28. The molecule has 1 N–H and O–H groups in total. The summed E-state index contributed by atoms with van der Waals surface area (Å²) in [5.41, 5.74) is 0.741. The fraction of sp³-hybridized carbons (Fsp3) is 0.583. The van der Waals surface area contributed by atoms with Crippen molar-refractivity contribution in [3.8, 4) is 0 Å². The van der Waals surface area contributed by atoms with E-state index in [-0.39, 0.29) is 17.4 Å². The quantitative estimate of drug-likeness (QED) is 0.847. The van der Waals surface area contributed by atoms with Crippen molar-refractivity contribution in [1.29, 1.82) is 0 Å². The van der Waals surface area contributed by atoms with Gasteiger partial charge >= 0.3 is 0 Å². The van der Waals surface area contributed by atoms with E-state index in [9.17, 15) is 4.39 Å². The molecule has 0 aliphatic carbocycles. The molecule has 0 aliphatic heterocycles. The van der Waals surface area contributed by atoms with Gasteiger partial charge in [-0.15, -0.1) is 0 Å². The first-order valence-corrected chi connectivity index (χ1v) is 5.34. The molecule has 16 heavy (non-hydrogen) atoms. The largest absolute Gasteiger partial charge is 0.311 e. The van der Waals surface area contributed by atoms with Gasteiger partial charge in [-0.05, 0) is 46.6 Å². The summed E-state index contributed by atoms with van der Waals surface area (Å²) in [7, 11) is 5.90. The van der Waals surface area contributed by atoms with E-state index in [1.165, 1.54) is 12.3 Å². The van der Waals surface area contributed by atoms with Gasteiger partial charge in [0.2, 0.25) is 0 Å². The second kappa shape index (κ2) is 4.89. The SMILES string of the molecule is CNC(c1cncc(F)c1)C(C)(C)N(C)C. The maximum absolute atomic E-state index is 13.1. The van der Waals surface area contributed by atoms with Gasteiger partial charge in [0.05, 0.1) is 12.2 Å². The van der Waals surface area contributed by atoms with Gasteiger partial charge in [-0.2, -0.15) is 0 Å². The van der Waals surface area contributed by atoms with Crippen molar-refractivity contribution >= 4 is 0 Å². The van der Waals surface area contributed by atoms with Gasteiger partial charge in [0.1, 0.15) is 5.82 Å². The summed E-state index contributed by atoms with van der Waals surface area (Å²) in [5, 5.41) is 3.22. The Morgan fingerprint density at radius 3 is 2.44 bits per heavy atom. The Morgan fingerprint density at radius 2 is 2.00 bits per heavy atom. The van der Waals surface area contributed by atoms with Crippen molar-refractivity contribution in [2.45, 2.75) is 25.4 Å². The average Bonchev–Trinajstić information content (AvgIpc) is 2.18. The van der Waals surface area contributed by atoms with Crippen molar-refractivity contribution in [2.75, 3.05) is 21.1 Å². The molecular weight excluding hydrogens is 205 g/mol. The van der Waals surface area contributed by atoms with Crippen LogP contribution in [-0.2, 0) is 0 Å². The number of nitrogens with one attached hydrogen (secondary N) is 1. The molecule has 4 heteroatoms. The van der Waals surface area contributed by atoms with Gasteiger partial charge in [0.25, 0.3) is 0 Å². The van der Waals surface area contributed by atoms with Gasteiger partial charge in [0, 0.05) is 11.7 Å². The Labute approximate surface area is 96.7 Å². The molecule has 0 saturated carbocycles. The topological polar surface area (TPSA) is 28.2 Å². The fourth-order valence-electron chi connectivity index (χ4n) is 1.77. The zero-order valence-electron chi connectivity index (χ0n) is 10.6. The van der Waals surface area contributed by atoms with Crippen LogP contribution in [0.25, 0.3) is 0 Å². The lowest BCUT2D eigenvalue weighted by Crippen LogP contribution is -2.48. The molecule has 0 bridgehead atoms. The molecule has 0 amide bonds. The molecule has 1 aromatic heterocycles. The second-order valence-electron chi connectivity index (χ2n) is 4.71. The predicted molar refractivity (Wildman–Crippen MR) is 63.8 cm³/mol. The number of likely N-dealkylation sites (N-methyl/N-ethyl adjacent to an activating group) is 2. The van der Waals surface area contributed by atoms with Crippen molar-refractivity contribution in [3.63, 3.8) is 0 Å². The first-order chi connectivity index (χ1) is 7.39. The molecule has 1 atom stereocenters. The maximum atomic E-state index is 13.1. The van der Waals surface area contributed by atoms with Crippen LogP contribution in [0, 0.1) is 5.82 Å². The molecule has 0 spiro atoms. The minimum absolute atomic E-state index is 0.0331. The Balaban J connectivity index is 3.08. The van der Waals surface area contributed by atoms with Crippen LogP contribution < -0.4 is 5.32 Å². The number of pyridine rings is 1. The van der Waals surface area contributed by atoms with E-state index in [0.717, 1.165) is 5.56 Å². The molecular formula is C12H20FN3. The maximum Gasteiger partial charge on any atom is 0.141 e. The summed E-state index contributed by atoms with van der Waals surface area (Å²) in [5.74, 6) is -0.299. The summed E-state index contributed by atoms with van der Waals surface area (Å²) in [6.07, 6.45) is 2.92. The smallest absolute Gasteiger partial charge is 0.141 e. The number of halogens is 1. The van der Waals surface area contributed by atoms with Gasteiger partial charge < -0.3 is 10.2 Å². The first kappa shape index (κ1) is 13.1. The molecule has 1 unspecified atom stereocenters. The summed E-state index contributed by atoms with van der Waals surface area (Å²) < 4.78 is 13.1. The highest BCUT2D eigenvalue weighted by atomic mass is 19.1. The van der Waals surface area contributed by atoms with Crippen LogP contribution in [0.4, 0.5) is 4.39 Å². The highest BCUT2D eigenvalue weighted by molar-refractivity contribution is 5.19. The van der Waals surface area contributed by atoms with Crippen LogP contribution >= 0.6 is 0 Å². The second-order valence-corrected chi connectivity index (χ2v) is 4.71. The van der Waals surface area contributed by atoms with Crippen LogP contribution in [-0.4, -0.2) is 36.6 Å². The molecule has 3 nitrogen and oxygen atoms in total. The van der Waals surface area contributed by atoms with Crippen LogP contribution in [0.3, 0.4) is 0 Å². The van der Waals surface area contributed by atoms with E-state index in [1.807, 2.05) is 21.1 Å². The van der Waals surface area contributed by atoms with E-state index >= 15 is 0 Å². The molecule has 0 aromatic carbocycles. The predicted octanol–water partition coefficient (Wildman–Crippen LogP) is 1.82. The van der Waals surface area contributed by atoms with Gasteiger partial charge in [-0.25, -0.2) is 4.39 Å². The van der Waals surface area contributed by atoms with Crippen LogP contribution in [0.1, 0.15) is 25.5 Å². The van der Waals surface area contributed by atoms with Crippen molar-refractivity contribution in [2.24, 2.45) is 0 Å². The average molecular weight is 225 g/mol. The summed E-state index contributed by atoms with van der Waals surface area (Å²) in [4.78, 5) is 6.00. The molecule has 0 radical (unpaired) electrons. The molecule has 90 valence electrons. The molecule has 1 aromatic rings. The van der Waals surface area contributed by atoms with E-state index in [2.05, 4.69) is 29.0 Å². The molecule has 0 fully saturated rings. The Hall–Kier alpha value is -1.00. The first-order valence-electron chi connectivity index (χ1n) is 5.34.